The van der Waals surface area contributed by atoms with E-state index >= 15 is 0 Å². The SMILES string of the molecule is CCCNC(=O)c1cnc(C(=O)NCC(C)C(=O)O)[nH]c1=O. The molecule has 1 aromatic rings. The van der Waals surface area contributed by atoms with E-state index in [0.29, 0.717) is 6.54 Å². The van der Waals surface area contributed by atoms with E-state index in [1.54, 1.807) is 0 Å². The van der Waals surface area contributed by atoms with Crippen molar-refractivity contribution in [2.75, 3.05) is 13.1 Å². The molecule has 1 unspecified atom stereocenters. The van der Waals surface area contributed by atoms with Gasteiger partial charge in [0.15, 0.2) is 5.82 Å². The van der Waals surface area contributed by atoms with Crippen molar-refractivity contribution in [1.82, 2.24) is 20.6 Å². The molecule has 9 heteroatoms. The number of nitrogens with zero attached hydrogens (tertiary/aromatic N) is 1. The van der Waals surface area contributed by atoms with E-state index in [4.69, 9.17) is 5.11 Å². The lowest BCUT2D eigenvalue weighted by atomic mass is 10.2. The fourth-order valence-corrected chi connectivity index (χ4v) is 1.42. The summed E-state index contributed by atoms with van der Waals surface area (Å²) in [7, 11) is 0. The lowest BCUT2D eigenvalue weighted by Crippen LogP contribution is -2.35. The van der Waals surface area contributed by atoms with E-state index in [9.17, 15) is 19.2 Å². The fraction of sp³-hybridized carbons (Fsp3) is 0.462. The van der Waals surface area contributed by atoms with Crippen molar-refractivity contribution < 1.29 is 19.5 Å². The highest BCUT2D eigenvalue weighted by atomic mass is 16.4. The number of carbonyl (C=O) groups is 3. The average molecular weight is 310 g/mol. The number of aromatic nitrogens is 2. The number of aliphatic carboxylic acids is 1. The number of rotatable bonds is 7. The predicted molar refractivity (Wildman–Crippen MR) is 76.6 cm³/mol. The summed E-state index contributed by atoms with van der Waals surface area (Å²) in [6.07, 6.45) is 1.73. The first-order chi connectivity index (χ1) is 10.4. The molecule has 0 radical (unpaired) electrons. The highest BCUT2D eigenvalue weighted by Gasteiger charge is 2.17. The number of H-pyrrole nitrogens is 1. The maximum atomic E-state index is 11.8. The minimum atomic E-state index is -1.05. The third kappa shape index (κ3) is 4.69. The second kappa shape index (κ2) is 7.91. The zero-order valence-corrected chi connectivity index (χ0v) is 12.3. The number of amides is 2. The van der Waals surface area contributed by atoms with Crippen LogP contribution in [0.1, 0.15) is 41.2 Å². The number of aromatic amines is 1. The highest BCUT2D eigenvalue weighted by molar-refractivity contribution is 5.94. The third-order valence-electron chi connectivity index (χ3n) is 2.78. The normalized spacial score (nSPS) is 11.5. The summed E-state index contributed by atoms with van der Waals surface area (Å²) < 4.78 is 0. The molecule has 0 aliphatic rings. The molecular weight excluding hydrogens is 292 g/mol. The van der Waals surface area contributed by atoms with Gasteiger partial charge in [-0.3, -0.25) is 19.2 Å². The van der Waals surface area contributed by atoms with Crippen molar-refractivity contribution in [3.05, 3.63) is 27.9 Å². The van der Waals surface area contributed by atoms with Crippen molar-refractivity contribution in [3.63, 3.8) is 0 Å². The third-order valence-corrected chi connectivity index (χ3v) is 2.78. The molecule has 120 valence electrons. The Kier molecular flexibility index (Phi) is 6.24. The molecule has 9 nitrogen and oxygen atoms in total. The molecule has 4 N–H and O–H groups in total. The van der Waals surface area contributed by atoms with Gasteiger partial charge in [-0.1, -0.05) is 13.8 Å². The number of carboxylic acids is 1. The standard InChI is InChI=1S/C13H18N4O5/c1-3-4-14-10(18)8-6-15-9(17-11(8)19)12(20)16-5-7(2)13(21)22/h6-7H,3-5H2,1-2H3,(H,14,18)(H,16,20)(H,21,22)(H,15,17,19). The summed E-state index contributed by atoms with van der Waals surface area (Å²) in [4.78, 5) is 51.7. The largest absolute Gasteiger partial charge is 0.481 e. The summed E-state index contributed by atoms with van der Waals surface area (Å²) in [5.41, 5.74) is -0.927. The van der Waals surface area contributed by atoms with Crippen molar-refractivity contribution in [3.8, 4) is 0 Å². The molecule has 1 heterocycles. The summed E-state index contributed by atoms with van der Waals surface area (Å²) in [6, 6.07) is 0. The van der Waals surface area contributed by atoms with E-state index in [0.717, 1.165) is 12.6 Å². The Morgan fingerprint density at radius 3 is 2.55 bits per heavy atom. The van der Waals surface area contributed by atoms with E-state index < -0.39 is 29.3 Å². The second-order valence-corrected chi connectivity index (χ2v) is 4.68. The first-order valence-electron chi connectivity index (χ1n) is 6.75. The predicted octanol–water partition coefficient (Wildman–Crippen LogP) is -0.640. The molecule has 0 aliphatic heterocycles. The van der Waals surface area contributed by atoms with Gasteiger partial charge in [0.1, 0.15) is 5.56 Å². The van der Waals surface area contributed by atoms with Gasteiger partial charge in [-0.05, 0) is 6.42 Å². The minimum absolute atomic E-state index is 0.101. The molecule has 0 saturated carbocycles. The van der Waals surface area contributed by atoms with Crippen LogP contribution in [0.25, 0.3) is 0 Å². The van der Waals surface area contributed by atoms with Crippen molar-refractivity contribution in [2.45, 2.75) is 20.3 Å². The second-order valence-electron chi connectivity index (χ2n) is 4.68. The summed E-state index contributed by atoms with van der Waals surface area (Å²) >= 11 is 0. The number of carbonyl (C=O) groups excluding carboxylic acids is 2. The van der Waals surface area contributed by atoms with E-state index in [1.807, 2.05) is 6.92 Å². The Morgan fingerprint density at radius 1 is 1.32 bits per heavy atom. The van der Waals surface area contributed by atoms with E-state index in [-0.39, 0.29) is 17.9 Å². The van der Waals surface area contributed by atoms with Crippen LogP contribution in [-0.2, 0) is 4.79 Å². The van der Waals surface area contributed by atoms with Gasteiger partial charge in [-0.25, -0.2) is 4.98 Å². The van der Waals surface area contributed by atoms with E-state index in [2.05, 4.69) is 20.6 Å². The lowest BCUT2D eigenvalue weighted by Gasteiger charge is -2.08. The van der Waals surface area contributed by atoms with Crippen molar-refractivity contribution in [2.24, 2.45) is 5.92 Å². The number of hydrogen-bond donors (Lipinski definition) is 4. The molecule has 22 heavy (non-hydrogen) atoms. The van der Waals surface area contributed by atoms with Crippen LogP contribution in [0.5, 0.6) is 0 Å². The van der Waals surface area contributed by atoms with Gasteiger partial charge < -0.3 is 20.7 Å². The zero-order chi connectivity index (χ0) is 16.7. The fourth-order valence-electron chi connectivity index (χ4n) is 1.42. The van der Waals surface area contributed by atoms with Gasteiger partial charge in [0.05, 0.1) is 5.92 Å². The maximum absolute atomic E-state index is 11.8. The molecule has 0 saturated heterocycles. The van der Waals surface area contributed by atoms with Crippen LogP contribution in [-0.4, -0.2) is 45.9 Å². The van der Waals surface area contributed by atoms with Crippen LogP contribution in [0.15, 0.2) is 11.0 Å². The molecule has 1 aromatic heterocycles. The zero-order valence-electron chi connectivity index (χ0n) is 12.3. The van der Waals surface area contributed by atoms with Gasteiger partial charge in [0.2, 0.25) is 0 Å². The van der Waals surface area contributed by atoms with Gasteiger partial charge in [-0.2, -0.15) is 0 Å². The van der Waals surface area contributed by atoms with Crippen molar-refractivity contribution in [1.29, 1.82) is 0 Å². The molecule has 0 fully saturated rings. The van der Waals surface area contributed by atoms with Crippen LogP contribution in [0.3, 0.4) is 0 Å². The number of nitrogens with one attached hydrogen (secondary N) is 3. The quantitative estimate of drug-likeness (QED) is 0.528. The van der Waals surface area contributed by atoms with Gasteiger partial charge in [0, 0.05) is 19.3 Å². The summed E-state index contributed by atoms with van der Waals surface area (Å²) in [6.45, 7) is 3.62. The smallest absolute Gasteiger partial charge is 0.308 e. The maximum Gasteiger partial charge on any atom is 0.308 e. The molecule has 0 bridgehead atoms. The Balaban J connectivity index is 2.76. The number of carboxylic acid groups (broad SMARTS) is 1. The molecule has 0 aromatic carbocycles. The van der Waals surface area contributed by atoms with E-state index in [1.165, 1.54) is 6.92 Å². The Bertz CT molecular complexity index is 625. The van der Waals surface area contributed by atoms with Crippen LogP contribution in [0.4, 0.5) is 0 Å². The molecule has 0 spiro atoms. The van der Waals surface area contributed by atoms with Crippen molar-refractivity contribution >= 4 is 17.8 Å². The first-order valence-corrected chi connectivity index (χ1v) is 6.75. The van der Waals surface area contributed by atoms with Crippen LogP contribution in [0.2, 0.25) is 0 Å². The summed E-state index contributed by atoms with van der Waals surface area (Å²) in [5, 5.41) is 13.6. The van der Waals surface area contributed by atoms with Crippen LogP contribution >= 0.6 is 0 Å². The lowest BCUT2D eigenvalue weighted by molar-refractivity contribution is -0.140. The topological polar surface area (TPSA) is 141 Å². The van der Waals surface area contributed by atoms with Crippen LogP contribution < -0.4 is 16.2 Å². The molecule has 1 atom stereocenters. The molecular formula is C13H18N4O5. The van der Waals surface area contributed by atoms with Gasteiger partial charge in [0.25, 0.3) is 17.4 Å². The monoisotopic (exact) mass is 310 g/mol. The van der Waals surface area contributed by atoms with Gasteiger partial charge >= 0.3 is 5.97 Å². The summed E-state index contributed by atoms with van der Waals surface area (Å²) in [5.74, 6) is -3.39. The average Bonchev–Trinajstić information content (AvgIpc) is 2.49. The molecule has 0 aliphatic carbocycles. The Morgan fingerprint density at radius 2 is 2.00 bits per heavy atom. The molecule has 2 amide bonds. The Labute approximate surface area is 126 Å². The molecule has 1 rings (SSSR count). The number of hydrogen-bond acceptors (Lipinski definition) is 5. The highest BCUT2D eigenvalue weighted by Crippen LogP contribution is 1.94. The first kappa shape index (κ1) is 17.3. The van der Waals surface area contributed by atoms with Gasteiger partial charge in [-0.15, -0.1) is 0 Å². The minimum Gasteiger partial charge on any atom is -0.481 e. The Hall–Kier alpha value is -2.71. The van der Waals surface area contributed by atoms with Crippen LogP contribution in [0, 0.1) is 5.92 Å².